The highest BCUT2D eigenvalue weighted by molar-refractivity contribution is 7.14. The van der Waals surface area contributed by atoms with Crippen molar-refractivity contribution in [3.05, 3.63) is 51.2 Å². The summed E-state index contributed by atoms with van der Waals surface area (Å²) in [6.07, 6.45) is 4.48. The maximum atomic E-state index is 11.4. The Bertz CT molecular complexity index is 858. The topological polar surface area (TPSA) is 64.8 Å². The summed E-state index contributed by atoms with van der Waals surface area (Å²) in [5.41, 5.74) is 7.72. The van der Waals surface area contributed by atoms with E-state index >= 15 is 0 Å². The van der Waals surface area contributed by atoms with E-state index in [1.165, 1.54) is 21.8 Å². The first-order chi connectivity index (χ1) is 12.7. The van der Waals surface area contributed by atoms with E-state index in [-0.39, 0.29) is 5.91 Å². The summed E-state index contributed by atoms with van der Waals surface area (Å²) in [7, 11) is 1.66. The predicted octanol–water partition coefficient (Wildman–Crippen LogP) is 3.47. The van der Waals surface area contributed by atoms with Crippen molar-refractivity contribution in [3.8, 4) is 11.5 Å². The molecule has 1 unspecified atom stereocenters. The molecule has 2 N–H and O–H groups in total. The lowest BCUT2D eigenvalue weighted by Crippen LogP contribution is -2.27. The van der Waals surface area contributed by atoms with Crippen LogP contribution in [-0.4, -0.2) is 37.6 Å². The number of benzene rings is 1. The Hall–Kier alpha value is -2.31. The summed E-state index contributed by atoms with van der Waals surface area (Å²) in [6, 6.07) is 10.2. The number of likely N-dealkylation sites (tertiary alicyclic amines) is 1. The minimum atomic E-state index is -0.347. The third-order valence-electron chi connectivity index (χ3n) is 4.96. The highest BCUT2D eigenvalue weighted by Crippen LogP contribution is 2.39. The fourth-order valence-electron chi connectivity index (χ4n) is 3.74. The summed E-state index contributed by atoms with van der Waals surface area (Å²) in [5, 5.41) is 0. The summed E-state index contributed by atoms with van der Waals surface area (Å²) < 4.78 is 11.3. The van der Waals surface area contributed by atoms with Gasteiger partial charge in [-0.15, -0.1) is 11.3 Å². The Kier molecular flexibility index (Phi) is 4.70. The van der Waals surface area contributed by atoms with Gasteiger partial charge in [0.15, 0.2) is 11.5 Å². The molecule has 0 bridgehead atoms. The summed E-state index contributed by atoms with van der Waals surface area (Å²) in [4.78, 5) is 15.7. The van der Waals surface area contributed by atoms with Crippen molar-refractivity contribution in [2.45, 2.75) is 18.9 Å². The molecule has 4 rings (SSSR count). The molecule has 0 aliphatic carbocycles. The number of rotatable bonds is 5. The third kappa shape index (κ3) is 3.22. The molecule has 1 aromatic heterocycles. The number of hydrogen-bond acceptors (Lipinski definition) is 5. The number of amides is 1. The van der Waals surface area contributed by atoms with Crippen LogP contribution in [0.3, 0.4) is 0 Å². The van der Waals surface area contributed by atoms with Crippen LogP contribution in [0.2, 0.25) is 0 Å². The molecule has 0 spiro atoms. The number of ether oxygens (including phenoxy) is 2. The predicted molar refractivity (Wildman–Crippen MR) is 103 cm³/mol. The molecule has 136 valence electrons. The SMILES string of the molecule is COc1cccc2c1OCC(CN1CCCC1c1ccc(C(N)=O)s1)=C2. The Morgan fingerprint density at radius 1 is 1.38 bits per heavy atom. The van der Waals surface area contributed by atoms with Crippen LogP contribution in [0.1, 0.15) is 39.0 Å². The van der Waals surface area contributed by atoms with Gasteiger partial charge in [0.05, 0.1) is 12.0 Å². The largest absolute Gasteiger partial charge is 0.493 e. The van der Waals surface area contributed by atoms with Gasteiger partial charge in [0, 0.05) is 23.0 Å². The molecular formula is C20H22N2O3S. The van der Waals surface area contributed by atoms with Gasteiger partial charge in [0.2, 0.25) is 0 Å². The highest BCUT2D eigenvalue weighted by Gasteiger charge is 2.29. The fourth-order valence-corrected chi connectivity index (χ4v) is 4.77. The van der Waals surface area contributed by atoms with Gasteiger partial charge in [-0.3, -0.25) is 9.69 Å². The maximum Gasteiger partial charge on any atom is 0.258 e. The van der Waals surface area contributed by atoms with E-state index in [4.69, 9.17) is 15.2 Å². The molecule has 2 aliphatic heterocycles. The molecule has 0 saturated carbocycles. The van der Waals surface area contributed by atoms with E-state index in [0.29, 0.717) is 17.5 Å². The zero-order valence-electron chi connectivity index (χ0n) is 14.7. The van der Waals surface area contributed by atoms with Gasteiger partial charge in [-0.25, -0.2) is 0 Å². The fraction of sp³-hybridized carbons (Fsp3) is 0.350. The number of hydrogen-bond donors (Lipinski definition) is 1. The quantitative estimate of drug-likeness (QED) is 0.875. The Balaban J connectivity index is 1.52. The molecule has 1 saturated heterocycles. The number of carbonyl (C=O) groups is 1. The Morgan fingerprint density at radius 2 is 2.27 bits per heavy atom. The number of nitrogens with zero attached hydrogens (tertiary/aromatic N) is 1. The lowest BCUT2D eigenvalue weighted by Gasteiger charge is -2.27. The van der Waals surface area contributed by atoms with E-state index in [1.54, 1.807) is 7.11 Å². The van der Waals surface area contributed by atoms with Crippen LogP contribution in [0.5, 0.6) is 11.5 Å². The van der Waals surface area contributed by atoms with Crippen LogP contribution in [0.4, 0.5) is 0 Å². The van der Waals surface area contributed by atoms with E-state index in [9.17, 15) is 4.79 Å². The van der Waals surface area contributed by atoms with Gasteiger partial charge in [0.1, 0.15) is 6.61 Å². The van der Waals surface area contributed by atoms with Crippen molar-refractivity contribution in [3.63, 3.8) is 0 Å². The standard InChI is InChI=1S/C20H22N2O3S/c1-24-16-6-2-4-14-10-13(12-25-19(14)16)11-22-9-3-5-15(22)17-7-8-18(26-17)20(21)23/h2,4,6-8,10,15H,3,5,9,11-12H2,1H3,(H2,21,23). The Morgan fingerprint density at radius 3 is 3.04 bits per heavy atom. The maximum absolute atomic E-state index is 11.4. The van der Waals surface area contributed by atoms with Crippen molar-refractivity contribution in [1.82, 2.24) is 4.90 Å². The number of carbonyl (C=O) groups excluding carboxylic acids is 1. The molecule has 1 amide bonds. The van der Waals surface area contributed by atoms with Crippen molar-refractivity contribution >= 4 is 23.3 Å². The first-order valence-electron chi connectivity index (χ1n) is 8.78. The second-order valence-electron chi connectivity index (χ2n) is 6.66. The van der Waals surface area contributed by atoms with Gasteiger partial charge in [0.25, 0.3) is 5.91 Å². The normalized spacial score (nSPS) is 19.6. The summed E-state index contributed by atoms with van der Waals surface area (Å²) in [5.74, 6) is 1.25. The monoisotopic (exact) mass is 370 g/mol. The molecule has 2 aromatic rings. The van der Waals surface area contributed by atoms with Crippen LogP contribution in [0.25, 0.3) is 6.08 Å². The van der Waals surface area contributed by atoms with Crippen LogP contribution < -0.4 is 15.2 Å². The van der Waals surface area contributed by atoms with E-state index < -0.39 is 0 Å². The summed E-state index contributed by atoms with van der Waals surface area (Å²) in [6.45, 7) is 2.50. The van der Waals surface area contributed by atoms with Gasteiger partial charge in [-0.05, 0) is 49.2 Å². The zero-order valence-corrected chi connectivity index (χ0v) is 15.6. The number of fused-ring (bicyclic) bond motifs is 1. The molecule has 6 heteroatoms. The first kappa shape index (κ1) is 17.1. The molecule has 1 atom stereocenters. The van der Waals surface area contributed by atoms with Crippen LogP contribution in [-0.2, 0) is 0 Å². The van der Waals surface area contributed by atoms with E-state index in [1.807, 2.05) is 24.3 Å². The minimum Gasteiger partial charge on any atom is -0.493 e. The van der Waals surface area contributed by atoms with Crippen LogP contribution in [0, 0.1) is 0 Å². The second-order valence-corrected chi connectivity index (χ2v) is 7.78. The number of methoxy groups -OCH3 is 1. The van der Waals surface area contributed by atoms with Crippen molar-refractivity contribution in [2.75, 3.05) is 26.8 Å². The number of primary amides is 1. The van der Waals surface area contributed by atoms with Crippen LogP contribution in [0.15, 0.2) is 35.9 Å². The highest BCUT2D eigenvalue weighted by atomic mass is 32.1. The average Bonchev–Trinajstić information content (AvgIpc) is 3.30. The molecule has 26 heavy (non-hydrogen) atoms. The molecule has 2 aliphatic rings. The number of thiophene rings is 1. The van der Waals surface area contributed by atoms with E-state index in [0.717, 1.165) is 43.0 Å². The zero-order chi connectivity index (χ0) is 18.1. The Labute approximate surface area is 157 Å². The smallest absolute Gasteiger partial charge is 0.258 e. The van der Waals surface area contributed by atoms with Gasteiger partial charge in [-0.1, -0.05) is 12.1 Å². The lowest BCUT2D eigenvalue weighted by molar-refractivity contribution is 0.100. The first-order valence-corrected chi connectivity index (χ1v) is 9.60. The number of para-hydroxylation sites is 1. The molecule has 5 nitrogen and oxygen atoms in total. The van der Waals surface area contributed by atoms with Gasteiger partial charge >= 0.3 is 0 Å². The third-order valence-corrected chi connectivity index (χ3v) is 6.16. The summed E-state index contributed by atoms with van der Waals surface area (Å²) >= 11 is 1.51. The second kappa shape index (κ2) is 7.13. The molecule has 0 radical (unpaired) electrons. The van der Waals surface area contributed by atoms with E-state index in [2.05, 4.69) is 17.0 Å². The van der Waals surface area contributed by atoms with Gasteiger partial charge in [-0.2, -0.15) is 0 Å². The molecule has 1 aromatic carbocycles. The van der Waals surface area contributed by atoms with Crippen LogP contribution >= 0.6 is 11.3 Å². The van der Waals surface area contributed by atoms with Crippen molar-refractivity contribution < 1.29 is 14.3 Å². The minimum absolute atomic E-state index is 0.347. The van der Waals surface area contributed by atoms with Crippen molar-refractivity contribution in [1.29, 1.82) is 0 Å². The molecular weight excluding hydrogens is 348 g/mol. The number of nitrogens with two attached hydrogens (primary N) is 1. The van der Waals surface area contributed by atoms with Crippen molar-refractivity contribution in [2.24, 2.45) is 5.73 Å². The van der Waals surface area contributed by atoms with Gasteiger partial charge < -0.3 is 15.2 Å². The lowest BCUT2D eigenvalue weighted by atomic mass is 10.1. The molecule has 3 heterocycles. The average molecular weight is 370 g/mol. The molecule has 1 fully saturated rings.